The molecule has 0 saturated carbocycles. The summed E-state index contributed by atoms with van der Waals surface area (Å²) in [6, 6.07) is 19.6. The van der Waals surface area contributed by atoms with Crippen molar-refractivity contribution in [2.24, 2.45) is 5.92 Å². The normalized spacial score (nSPS) is 13.6. The third kappa shape index (κ3) is 3.57. The van der Waals surface area contributed by atoms with Crippen molar-refractivity contribution in [3.8, 4) is 0 Å². The van der Waals surface area contributed by atoms with Crippen molar-refractivity contribution in [1.29, 1.82) is 0 Å². The maximum Gasteiger partial charge on any atom is 0.258 e. The Labute approximate surface area is 144 Å². The van der Waals surface area contributed by atoms with E-state index in [0.717, 1.165) is 10.4 Å². The summed E-state index contributed by atoms with van der Waals surface area (Å²) in [6.45, 7) is 5.90. The van der Waals surface area contributed by atoms with Crippen LogP contribution in [0.2, 0.25) is 5.04 Å². The number of halogens is 1. The third-order valence-electron chi connectivity index (χ3n) is 4.57. The Morgan fingerprint density at radius 2 is 1.43 bits per heavy atom. The number of rotatable bonds is 6. The summed E-state index contributed by atoms with van der Waals surface area (Å²) in [5, 5.41) is 1.10. The van der Waals surface area contributed by atoms with Crippen LogP contribution in [0.15, 0.2) is 60.7 Å². The topological polar surface area (TPSA) is 37.3 Å². The first-order chi connectivity index (χ1) is 10.8. The van der Waals surface area contributed by atoms with E-state index in [2.05, 4.69) is 0 Å². The van der Waals surface area contributed by atoms with E-state index in [1.165, 1.54) is 0 Å². The molecule has 0 aliphatic carbocycles. The molecule has 122 valence electrons. The van der Waals surface area contributed by atoms with Crippen LogP contribution in [-0.2, 0) is 4.79 Å². The summed E-state index contributed by atoms with van der Waals surface area (Å²) in [7, 11) is -3.05. The average molecular weight is 347 g/mol. The highest BCUT2D eigenvalue weighted by Gasteiger charge is 2.50. The van der Waals surface area contributed by atoms with Gasteiger partial charge in [0, 0.05) is 5.92 Å². The van der Waals surface area contributed by atoms with E-state index in [-0.39, 0.29) is 11.2 Å². The lowest BCUT2D eigenvalue weighted by Gasteiger charge is -2.42. The molecule has 4 heteroatoms. The first-order valence-corrected chi connectivity index (χ1v) is 10.1. The van der Waals surface area contributed by atoms with Crippen LogP contribution in [-0.4, -0.2) is 18.4 Å². The van der Waals surface area contributed by atoms with Gasteiger partial charge in [0.1, 0.15) is 0 Å². The van der Waals surface area contributed by atoms with Crippen LogP contribution in [0.3, 0.4) is 0 Å². The van der Waals surface area contributed by atoms with Gasteiger partial charge in [-0.15, -0.1) is 0 Å². The zero-order valence-electron chi connectivity index (χ0n) is 13.8. The summed E-state index contributed by atoms with van der Waals surface area (Å²) in [5.74, 6) is -0.293. The second kappa shape index (κ2) is 6.99. The first-order valence-electron chi connectivity index (χ1n) is 7.82. The van der Waals surface area contributed by atoms with Crippen molar-refractivity contribution >= 4 is 35.5 Å². The number of hydrogen-bond acceptors (Lipinski definition) is 2. The Morgan fingerprint density at radius 3 is 1.78 bits per heavy atom. The first kappa shape index (κ1) is 17.9. The van der Waals surface area contributed by atoms with E-state index in [1.807, 2.05) is 81.4 Å². The standard InChI is InChI=1S/C19H23ClO2Si/c1-15(18(20)21)14-19(2,3)23(22,16-10-6-4-7-11-16)17-12-8-5-9-13-17/h4-13,15,22H,14H2,1-3H3/t15-/m1/s1. The molecular weight excluding hydrogens is 324 g/mol. The Hall–Kier alpha value is -1.42. The molecule has 0 aliphatic rings. The van der Waals surface area contributed by atoms with Crippen LogP contribution in [0.4, 0.5) is 0 Å². The Kier molecular flexibility index (Phi) is 5.45. The largest absolute Gasteiger partial charge is 0.424 e. The van der Waals surface area contributed by atoms with Crippen LogP contribution in [0, 0.1) is 5.92 Å². The van der Waals surface area contributed by atoms with Gasteiger partial charge in [0.2, 0.25) is 5.24 Å². The molecule has 0 saturated heterocycles. The fraction of sp³-hybridized carbons (Fsp3) is 0.316. The molecule has 0 aliphatic heterocycles. The van der Waals surface area contributed by atoms with E-state index in [0.29, 0.717) is 6.42 Å². The Balaban J connectivity index is 2.56. The summed E-state index contributed by atoms with van der Waals surface area (Å²) in [4.78, 5) is 23.4. The predicted molar refractivity (Wildman–Crippen MR) is 98.8 cm³/mol. The number of carbonyl (C=O) groups is 1. The number of benzene rings is 2. The van der Waals surface area contributed by atoms with Crippen LogP contribution in [0.5, 0.6) is 0 Å². The highest BCUT2D eigenvalue weighted by molar-refractivity contribution is 6.98. The third-order valence-corrected chi connectivity index (χ3v) is 9.44. The molecule has 2 aromatic rings. The van der Waals surface area contributed by atoms with Gasteiger partial charge in [0.15, 0.2) is 0 Å². The predicted octanol–water partition coefficient (Wildman–Crippen LogP) is 3.31. The van der Waals surface area contributed by atoms with Gasteiger partial charge in [0.25, 0.3) is 8.32 Å². The van der Waals surface area contributed by atoms with Crippen LogP contribution < -0.4 is 10.4 Å². The lowest BCUT2D eigenvalue weighted by atomic mass is 9.99. The quantitative estimate of drug-likeness (QED) is 0.643. The van der Waals surface area contributed by atoms with Crippen LogP contribution in [0.25, 0.3) is 0 Å². The SMILES string of the molecule is C[C@H](CC(C)(C)[Si](O)(c1ccccc1)c1ccccc1)C(=O)Cl. The molecule has 23 heavy (non-hydrogen) atoms. The van der Waals surface area contributed by atoms with Crippen molar-refractivity contribution < 1.29 is 9.59 Å². The highest BCUT2D eigenvalue weighted by Crippen LogP contribution is 2.41. The van der Waals surface area contributed by atoms with E-state index in [4.69, 9.17) is 11.6 Å². The second-order valence-corrected chi connectivity index (χ2v) is 11.0. The van der Waals surface area contributed by atoms with Crippen LogP contribution in [0.1, 0.15) is 27.2 Å². The lowest BCUT2D eigenvalue weighted by molar-refractivity contribution is -0.115. The second-order valence-electron chi connectivity index (χ2n) is 6.74. The van der Waals surface area contributed by atoms with E-state index in [1.54, 1.807) is 0 Å². The van der Waals surface area contributed by atoms with Crippen molar-refractivity contribution in [3.05, 3.63) is 60.7 Å². The van der Waals surface area contributed by atoms with E-state index >= 15 is 0 Å². The summed E-state index contributed by atoms with van der Waals surface area (Å²) >= 11 is 5.67. The van der Waals surface area contributed by atoms with Crippen molar-refractivity contribution in [2.45, 2.75) is 32.2 Å². The molecule has 0 heterocycles. The maximum absolute atomic E-state index is 11.9. The molecule has 0 radical (unpaired) electrons. The lowest BCUT2D eigenvalue weighted by Crippen LogP contribution is -2.65. The molecule has 0 unspecified atom stereocenters. The summed E-state index contributed by atoms with van der Waals surface area (Å²) in [6.07, 6.45) is 0.543. The van der Waals surface area contributed by atoms with Gasteiger partial charge in [0.05, 0.1) is 0 Å². The Morgan fingerprint density at radius 1 is 1.04 bits per heavy atom. The Bertz CT molecular complexity index is 616. The summed E-state index contributed by atoms with van der Waals surface area (Å²) < 4.78 is 0. The van der Waals surface area contributed by atoms with Crippen molar-refractivity contribution in [1.82, 2.24) is 0 Å². The molecule has 1 atom stereocenters. The van der Waals surface area contributed by atoms with Crippen LogP contribution >= 0.6 is 11.6 Å². The van der Waals surface area contributed by atoms with Crippen molar-refractivity contribution in [2.75, 3.05) is 0 Å². The smallest absolute Gasteiger partial charge is 0.258 e. The molecule has 0 bridgehead atoms. The molecule has 2 rings (SSSR count). The molecule has 1 N–H and O–H groups in total. The van der Waals surface area contributed by atoms with E-state index < -0.39 is 13.4 Å². The maximum atomic E-state index is 11.9. The zero-order chi connectivity index (χ0) is 17.1. The monoisotopic (exact) mass is 346 g/mol. The minimum atomic E-state index is -3.05. The van der Waals surface area contributed by atoms with Crippen molar-refractivity contribution in [3.63, 3.8) is 0 Å². The minimum absolute atomic E-state index is 0.293. The van der Waals surface area contributed by atoms with Gasteiger partial charge < -0.3 is 4.80 Å². The fourth-order valence-electron chi connectivity index (χ4n) is 3.30. The minimum Gasteiger partial charge on any atom is -0.424 e. The van der Waals surface area contributed by atoms with Gasteiger partial charge >= 0.3 is 0 Å². The molecule has 2 aromatic carbocycles. The number of hydrogen-bond donors (Lipinski definition) is 1. The molecule has 0 fully saturated rings. The average Bonchev–Trinajstić information content (AvgIpc) is 2.55. The zero-order valence-corrected chi connectivity index (χ0v) is 15.5. The van der Waals surface area contributed by atoms with E-state index in [9.17, 15) is 9.59 Å². The molecule has 0 amide bonds. The van der Waals surface area contributed by atoms with Gasteiger partial charge in [-0.25, -0.2) is 0 Å². The summed E-state index contributed by atoms with van der Waals surface area (Å²) in [5.41, 5.74) is 0. The van der Waals surface area contributed by atoms with Gasteiger partial charge in [-0.2, -0.15) is 0 Å². The van der Waals surface area contributed by atoms with Gasteiger partial charge in [-0.05, 0) is 33.4 Å². The molecular formula is C19H23ClO2Si. The molecule has 0 aromatic heterocycles. The number of carbonyl (C=O) groups excluding carboxylic acids is 1. The molecule has 0 spiro atoms. The fourth-order valence-corrected chi connectivity index (χ4v) is 7.23. The molecule has 2 nitrogen and oxygen atoms in total. The van der Waals surface area contributed by atoms with Gasteiger partial charge in [-0.3, -0.25) is 4.79 Å². The van der Waals surface area contributed by atoms with Gasteiger partial charge in [-0.1, -0.05) is 81.4 Å². The highest BCUT2D eigenvalue weighted by atomic mass is 35.5.